The first-order valence-corrected chi connectivity index (χ1v) is 6.62. The normalized spacial score (nSPS) is 23.7. The smallest absolute Gasteiger partial charge is 0.231 e. The van der Waals surface area contributed by atoms with Gasteiger partial charge >= 0.3 is 0 Å². The molecule has 1 amide bonds. The minimum atomic E-state index is -0.263. The maximum atomic E-state index is 12.5. The molecule has 1 unspecified atom stereocenters. The van der Waals surface area contributed by atoms with Gasteiger partial charge in [-0.25, -0.2) is 0 Å². The SMILES string of the molecule is CCC1(C(=O)Nc2cccnc2C)CCCNC1. The first kappa shape index (κ1) is 13.0. The first-order valence-electron chi connectivity index (χ1n) is 6.62. The number of nitrogens with one attached hydrogen (secondary N) is 2. The van der Waals surface area contributed by atoms with Gasteiger partial charge in [0, 0.05) is 12.7 Å². The number of nitrogens with zero attached hydrogens (tertiary/aromatic N) is 1. The molecule has 1 fully saturated rings. The Morgan fingerprint density at radius 3 is 3.06 bits per heavy atom. The van der Waals surface area contributed by atoms with Crippen molar-refractivity contribution in [1.29, 1.82) is 0 Å². The van der Waals surface area contributed by atoms with Gasteiger partial charge in [-0.3, -0.25) is 9.78 Å². The van der Waals surface area contributed by atoms with E-state index in [0.717, 1.165) is 43.7 Å². The molecule has 0 spiro atoms. The lowest BCUT2D eigenvalue weighted by Gasteiger charge is -2.35. The van der Waals surface area contributed by atoms with Gasteiger partial charge in [0.1, 0.15) is 0 Å². The highest BCUT2D eigenvalue weighted by Crippen LogP contribution is 2.31. The van der Waals surface area contributed by atoms with Crippen LogP contribution in [0.3, 0.4) is 0 Å². The molecule has 1 atom stereocenters. The van der Waals surface area contributed by atoms with Gasteiger partial charge in [-0.15, -0.1) is 0 Å². The van der Waals surface area contributed by atoms with E-state index in [9.17, 15) is 4.79 Å². The van der Waals surface area contributed by atoms with Crippen molar-refractivity contribution >= 4 is 11.6 Å². The average molecular weight is 247 g/mol. The number of aromatic nitrogens is 1. The van der Waals surface area contributed by atoms with Gasteiger partial charge < -0.3 is 10.6 Å². The van der Waals surface area contributed by atoms with Crippen LogP contribution in [0.5, 0.6) is 0 Å². The summed E-state index contributed by atoms with van der Waals surface area (Å²) in [5.74, 6) is 0.119. The van der Waals surface area contributed by atoms with Gasteiger partial charge in [-0.05, 0) is 44.9 Å². The van der Waals surface area contributed by atoms with Crippen LogP contribution in [0, 0.1) is 12.3 Å². The summed E-state index contributed by atoms with van der Waals surface area (Å²) in [5.41, 5.74) is 1.42. The summed E-state index contributed by atoms with van der Waals surface area (Å²) in [6.07, 6.45) is 4.63. The third-order valence-electron chi connectivity index (χ3n) is 3.89. The number of hydrogen-bond acceptors (Lipinski definition) is 3. The fourth-order valence-electron chi connectivity index (χ4n) is 2.50. The molecule has 0 radical (unpaired) electrons. The molecule has 1 aromatic rings. The van der Waals surface area contributed by atoms with Crippen molar-refractivity contribution in [1.82, 2.24) is 10.3 Å². The highest BCUT2D eigenvalue weighted by atomic mass is 16.2. The molecular formula is C14H21N3O. The van der Waals surface area contributed by atoms with Gasteiger partial charge in [-0.2, -0.15) is 0 Å². The Labute approximate surface area is 108 Å². The summed E-state index contributed by atoms with van der Waals surface area (Å²) in [5, 5.41) is 6.36. The van der Waals surface area contributed by atoms with E-state index in [2.05, 4.69) is 22.5 Å². The highest BCUT2D eigenvalue weighted by Gasteiger charge is 2.37. The maximum absolute atomic E-state index is 12.5. The standard InChI is InChI=1S/C14H21N3O/c1-3-14(7-5-8-15-10-14)13(18)17-12-6-4-9-16-11(12)2/h4,6,9,15H,3,5,7-8,10H2,1-2H3,(H,17,18). The number of aryl methyl sites for hydroxylation is 1. The third-order valence-corrected chi connectivity index (χ3v) is 3.89. The Morgan fingerprint density at radius 1 is 1.61 bits per heavy atom. The molecule has 4 heteroatoms. The van der Waals surface area contributed by atoms with Gasteiger partial charge in [0.2, 0.25) is 5.91 Å². The molecule has 2 rings (SSSR count). The Hall–Kier alpha value is -1.42. The molecule has 4 nitrogen and oxygen atoms in total. The molecule has 0 aliphatic carbocycles. The van der Waals surface area contributed by atoms with E-state index in [-0.39, 0.29) is 11.3 Å². The molecule has 0 aromatic carbocycles. The van der Waals surface area contributed by atoms with Crippen LogP contribution < -0.4 is 10.6 Å². The quantitative estimate of drug-likeness (QED) is 0.860. The number of anilines is 1. The van der Waals surface area contributed by atoms with Gasteiger partial charge in [0.15, 0.2) is 0 Å². The van der Waals surface area contributed by atoms with Crippen LogP contribution >= 0.6 is 0 Å². The van der Waals surface area contributed by atoms with Gasteiger partial charge in [-0.1, -0.05) is 6.92 Å². The van der Waals surface area contributed by atoms with E-state index < -0.39 is 0 Å². The maximum Gasteiger partial charge on any atom is 0.231 e. The van der Waals surface area contributed by atoms with Crippen molar-refractivity contribution in [2.24, 2.45) is 5.41 Å². The van der Waals surface area contributed by atoms with Crippen molar-refractivity contribution in [3.05, 3.63) is 24.0 Å². The summed E-state index contributed by atoms with van der Waals surface area (Å²) < 4.78 is 0. The van der Waals surface area contributed by atoms with E-state index in [4.69, 9.17) is 0 Å². The van der Waals surface area contributed by atoms with Crippen molar-refractivity contribution in [2.75, 3.05) is 18.4 Å². The lowest BCUT2D eigenvalue weighted by molar-refractivity contribution is -0.126. The van der Waals surface area contributed by atoms with Crippen LogP contribution in [0.15, 0.2) is 18.3 Å². The molecule has 1 aliphatic heterocycles. The zero-order valence-corrected chi connectivity index (χ0v) is 11.1. The fourth-order valence-corrected chi connectivity index (χ4v) is 2.50. The highest BCUT2D eigenvalue weighted by molar-refractivity contribution is 5.96. The number of rotatable bonds is 3. The molecule has 1 saturated heterocycles. The lowest BCUT2D eigenvalue weighted by Crippen LogP contribution is -2.47. The molecular weight excluding hydrogens is 226 g/mol. The summed E-state index contributed by atoms with van der Waals surface area (Å²) in [4.78, 5) is 16.7. The second-order valence-electron chi connectivity index (χ2n) is 5.00. The largest absolute Gasteiger partial charge is 0.324 e. The number of hydrogen-bond donors (Lipinski definition) is 2. The molecule has 18 heavy (non-hydrogen) atoms. The minimum Gasteiger partial charge on any atom is -0.324 e. The Kier molecular flexibility index (Phi) is 3.97. The number of carbonyl (C=O) groups is 1. The average Bonchev–Trinajstić information content (AvgIpc) is 2.42. The molecule has 1 aromatic heterocycles. The molecule has 2 heterocycles. The van der Waals surface area contributed by atoms with E-state index in [1.165, 1.54) is 0 Å². The molecule has 0 saturated carbocycles. The molecule has 0 bridgehead atoms. The summed E-state index contributed by atoms with van der Waals surface area (Å²) in [7, 11) is 0. The van der Waals surface area contributed by atoms with Crippen molar-refractivity contribution in [3.63, 3.8) is 0 Å². The van der Waals surface area contributed by atoms with E-state index >= 15 is 0 Å². The van der Waals surface area contributed by atoms with Crippen molar-refractivity contribution < 1.29 is 4.79 Å². The Balaban J connectivity index is 2.13. The van der Waals surface area contributed by atoms with E-state index in [1.807, 2.05) is 19.1 Å². The van der Waals surface area contributed by atoms with Crippen LogP contribution in [0.2, 0.25) is 0 Å². The summed E-state index contributed by atoms with van der Waals surface area (Å²) in [6.45, 7) is 5.78. The Morgan fingerprint density at radius 2 is 2.44 bits per heavy atom. The second-order valence-corrected chi connectivity index (χ2v) is 5.00. The zero-order chi connectivity index (χ0) is 13.0. The summed E-state index contributed by atoms with van der Waals surface area (Å²) in [6, 6.07) is 3.75. The van der Waals surface area contributed by atoms with Crippen LogP contribution in [-0.4, -0.2) is 24.0 Å². The van der Waals surface area contributed by atoms with Gasteiger partial charge in [0.05, 0.1) is 16.8 Å². The molecule has 98 valence electrons. The number of pyridine rings is 1. The monoisotopic (exact) mass is 247 g/mol. The number of carbonyl (C=O) groups excluding carboxylic acids is 1. The topological polar surface area (TPSA) is 54.0 Å². The van der Waals surface area contributed by atoms with E-state index in [1.54, 1.807) is 6.20 Å². The molecule has 1 aliphatic rings. The third kappa shape index (κ3) is 2.53. The van der Waals surface area contributed by atoms with E-state index in [0.29, 0.717) is 0 Å². The van der Waals surface area contributed by atoms with Crippen LogP contribution in [-0.2, 0) is 4.79 Å². The first-order chi connectivity index (χ1) is 8.68. The lowest BCUT2D eigenvalue weighted by atomic mass is 9.77. The Bertz CT molecular complexity index is 425. The molecule has 2 N–H and O–H groups in total. The summed E-state index contributed by atoms with van der Waals surface area (Å²) >= 11 is 0. The predicted molar refractivity (Wildman–Crippen MR) is 72.4 cm³/mol. The second kappa shape index (κ2) is 5.48. The fraction of sp³-hybridized carbons (Fsp3) is 0.571. The van der Waals surface area contributed by atoms with Crippen LogP contribution in [0.1, 0.15) is 31.9 Å². The van der Waals surface area contributed by atoms with Gasteiger partial charge in [0.25, 0.3) is 0 Å². The predicted octanol–water partition coefficient (Wildman–Crippen LogP) is 2.11. The number of piperidine rings is 1. The van der Waals surface area contributed by atoms with Crippen LogP contribution in [0.4, 0.5) is 5.69 Å². The minimum absolute atomic E-state index is 0.119. The van der Waals surface area contributed by atoms with Crippen molar-refractivity contribution in [2.45, 2.75) is 33.1 Å². The number of amides is 1. The zero-order valence-electron chi connectivity index (χ0n) is 11.1. The van der Waals surface area contributed by atoms with Crippen molar-refractivity contribution in [3.8, 4) is 0 Å². The van der Waals surface area contributed by atoms with Crippen LogP contribution in [0.25, 0.3) is 0 Å².